The van der Waals surface area contributed by atoms with Crippen LogP contribution >= 0.6 is 0 Å². The number of ether oxygens (including phenoxy) is 4. The highest BCUT2D eigenvalue weighted by Crippen LogP contribution is 2.61. The van der Waals surface area contributed by atoms with Crippen LogP contribution in [0.1, 0.15) is 94.8 Å². The van der Waals surface area contributed by atoms with E-state index in [1.54, 1.807) is 50.5 Å². The highest BCUT2D eigenvalue weighted by atomic mass is 16.6. The van der Waals surface area contributed by atoms with Crippen molar-refractivity contribution >= 4 is 69.8 Å². The predicted molar refractivity (Wildman–Crippen MR) is 290 cm³/mol. The van der Waals surface area contributed by atoms with E-state index in [1.807, 2.05) is 42.7 Å². The van der Waals surface area contributed by atoms with Crippen molar-refractivity contribution in [1.29, 1.82) is 0 Å². The molecule has 0 radical (unpaired) electrons. The summed E-state index contributed by atoms with van der Waals surface area (Å²) in [5, 5.41) is 10.6. The molecule has 5 heterocycles. The fraction of sp³-hybridized carbons (Fsp3) is 0.455. The Balaban J connectivity index is 0.00000357. The molecule has 2 aliphatic heterocycles. The normalized spacial score (nSPS) is 19.5. The van der Waals surface area contributed by atoms with Gasteiger partial charge < -0.3 is 50.2 Å². The number of likely N-dealkylation sites (tertiary alicyclic amines) is 1. The molecule has 3 aromatic carbocycles. The zero-order valence-corrected chi connectivity index (χ0v) is 44.4. The first kappa shape index (κ1) is 54.0. The van der Waals surface area contributed by atoms with Gasteiger partial charge >= 0.3 is 6.09 Å². The Labute approximate surface area is 446 Å². The number of nitrogen functional groups attached to an aromatic ring is 1. The molecule has 2 aliphatic carbocycles. The van der Waals surface area contributed by atoms with E-state index in [0.29, 0.717) is 121 Å². The molecule has 2 saturated heterocycles. The number of morpholine rings is 1. The van der Waals surface area contributed by atoms with Gasteiger partial charge in [0.1, 0.15) is 46.7 Å². The zero-order chi connectivity index (χ0) is 54.6. The third kappa shape index (κ3) is 11.2. The Bertz CT molecular complexity index is 3220. The number of rotatable bonds is 19. The fourth-order valence-corrected chi connectivity index (χ4v) is 11.5. The van der Waals surface area contributed by atoms with E-state index in [4.69, 9.17) is 40.4 Å². The number of nitrogens with one attached hydrogen (secondary N) is 2. The molecule has 4 fully saturated rings. The number of carbonyl (C=O) groups is 5. The molecule has 8 N–H and O–H groups in total. The number of nitrogens with two attached hydrogens (primary N) is 3. The summed E-state index contributed by atoms with van der Waals surface area (Å²) in [4.78, 5) is 79.5. The van der Waals surface area contributed by atoms with Crippen LogP contribution < -0.4 is 37.3 Å². The number of nitrogens with zero attached hydrogens (tertiary/aromatic N) is 8. The smallest absolute Gasteiger partial charge is 0.410 e. The van der Waals surface area contributed by atoms with Gasteiger partial charge in [0.15, 0.2) is 0 Å². The number of methoxy groups -OCH3 is 1. The minimum absolute atomic E-state index is 0.0675. The summed E-state index contributed by atoms with van der Waals surface area (Å²) in [5.74, 6) is 0.145. The molecule has 22 heteroatoms. The summed E-state index contributed by atoms with van der Waals surface area (Å²) in [5.41, 5.74) is 20.3. The summed E-state index contributed by atoms with van der Waals surface area (Å²) >= 11 is 0. The van der Waals surface area contributed by atoms with Crippen molar-refractivity contribution in [3.05, 3.63) is 94.8 Å². The molecule has 2 saturated carbocycles. The standard InChI is InChI=1S/C54H64N12O9.CH5N/c1-5-66-41(23-34(2)61-66)47(69)59-49-58-40-26-37(46(56)68)27-42(72-4)44(40)64(49)18-6-7-19-65-45-39(57-50(65)60-48(70)53-15-13-52(3,30-53)14-16-53)24-36(28-67)25-43(45)73-21-8-17-62-31-54(32-62)33-63(20-22-75-54)51(71)74-29-35-9-11-38(55)12-10-35;1-2/h6-7,9-12,23-28H,5,8,13-22,29-33,55H2,1-4H3,(H2,56,68)(H,57,60,70)(H,58,59,69);2H2,1H3/b7-6+;. The highest BCUT2D eigenvalue weighted by molar-refractivity contribution is 6.04. The monoisotopic (exact) mass is 1060 g/mol. The van der Waals surface area contributed by atoms with E-state index >= 15 is 0 Å². The lowest BCUT2D eigenvalue weighted by atomic mass is 9.82. The summed E-state index contributed by atoms with van der Waals surface area (Å²) in [7, 11) is 2.98. The average Bonchev–Trinajstić information content (AvgIpc) is 4.30. The molecule has 0 unspecified atom stereocenters. The second kappa shape index (κ2) is 22.4. The van der Waals surface area contributed by atoms with Crippen molar-refractivity contribution in [2.24, 2.45) is 22.3 Å². The molecule has 1 spiro atoms. The molecule has 22 nitrogen and oxygen atoms in total. The van der Waals surface area contributed by atoms with Crippen LogP contribution in [0.3, 0.4) is 0 Å². The van der Waals surface area contributed by atoms with E-state index in [0.717, 1.165) is 44.0 Å². The van der Waals surface area contributed by atoms with Gasteiger partial charge in [-0.15, -0.1) is 0 Å². The van der Waals surface area contributed by atoms with Crippen LogP contribution in [0.5, 0.6) is 11.5 Å². The largest absolute Gasteiger partial charge is 0.494 e. The Morgan fingerprint density at radius 1 is 0.870 bits per heavy atom. The van der Waals surface area contributed by atoms with Crippen molar-refractivity contribution in [1.82, 2.24) is 38.7 Å². The van der Waals surface area contributed by atoms with Gasteiger partial charge in [-0.25, -0.2) is 14.8 Å². The topological polar surface area (TPSA) is 284 Å². The Morgan fingerprint density at radius 2 is 1.55 bits per heavy atom. The Morgan fingerprint density at radius 3 is 2.18 bits per heavy atom. The summed E-state index contributed by atoms with van der Waals surface area (Å²) in [6, 6.07) is 15.4. The number of amides is 4. The van der Waals surface area contributed by atoms with E-state index in [1.165, 1.54) is 20.2 Å². The number of carbonyl (C=O) groups excluding carboxylic acids is 5. The van der Waals surface area contributed by atoms with Crippen molar-refractivity contribution in [3.63, 3.8) is 0 Å². The van der Waals surface area contributed by atoms with Gasteiger partial charge in [-0.2, -0.15) is 5.10 Å². The van der Waals surface area contributed by atoms with Crippen LogP contribution in [-0.4, -0.2) is 134 Å². The van der Waals surface area contributed by atoms with E-state index in [9.17, 15) is 24.0 Å². The lowest BCUT2D eigenvalue weighted by molar-refractivity contribution is -0.179. The summed E-state index contributed by atoms with van der Waals surface area (Å²) in [6.07, 6.45) is 9.26. The molecule has 77 heavy (non-hydrogen) atoms. The summed E-state index contributed by atoms with van der Waals surface area (Å²) < 4.78 is 29.4. The number of hydrogen-bond acceptors (Lipinski definition) is 15. The minimum Gasteiger partial charge on any atom is -0.494 e. The Kier molecular flexibility index (Phi) is 15.7. The van der Waals surface area contributed by atoms with Crippen LogP contribution in [0.2, 0.25) is 0 Å². The van der Waals surface area contributed by atoms with Crippen LogP contribution in [0, 0.1) is 17.8 Å². The number of benzene rings is 3. The quantitative estimate of drug-likeness (QED) is 0.0273. The van der Waals surface area contributed by atoms with E-state index in [2.05, 4.69) is 33.3 Å². The number of hydrogen-bond donors (Lipinski definition) is 5. The molecule has 4 amide bonds. The molecular weight excluding hydrogens is 987 g/mol. The number of imidazole rings is 2. The minimum atomic E-state index is -0.661. The number of primary amides is 1. The molecule has 3 aromatic heterocycles. The van der Waals surface area contributed by atoms with Crippen LogP contribution in [0.4, 0.5) is 22.4 Å². The predicted octanol–water partition coefficient (Wildman–Crippen LogP) is 5.90. The third-order valence-corrected chi connectivity index (χ3v) is 15.3. The number of aryl methyl sites for hydroxylation is 2. The first-order valence-electron chi connectivity index (χ1n) is 26.1. The van der Waals surface area contributed by atoms with Crippen molar-refractivity contribution in [3.8, 4) is 11.5 Å². The molecular formula is C55H69N13O9. The molecule has 6 aromatic rings. The van der Waals surface area contributed by atoms with Crippen molar-refractivity contribution in [2.45, 2.75) is 91.1 Å². The first-order chi connectivity index (χ1) is 37.1. The lowest BCUT2D eigenvalue weighted by Crippen LogP contribution is -2.70. The van der Waals surface area contributed by atoms with Crippen LogP contribution in [0.15, 0.2) is 66.7 Å². The number of anilines is 3. The second-order valence-corrected chi connectivity index (χ2v) is 20.8. The number of aromatic nitrogens is 6. The molecule has 408 valence electrons. The van der Waals surface area contributed by atoms with E-state index < -0.39 is 22.8 Å². The SMILES string of the molecule is CCn1nc(C)cc1C(=O)Nc1nc2cc(C(N)=O)cc(OC)c2n1C/C=C/Cn1c(NC(=O)C23CCC(C)(CC2)C3)nc2cc(C=O)cc(OCCCN3CC4(C3)CN(C(=O)OCc3ccc(N)cc3)CCO4)c21.CN. The van der Waals surface area contributed by atoms with Crippen molar-refractivity contribution < 1.29 is 42.9 Å². The first-order valence-corrected chi connectivity index (χ1v) is 26.1. The molecule has 4 aliphatic rings. The Hall–Kier alpha value is -7.82. The number of allylic oxidation sites excluding steroid dienone is 2. The van der Waals surface area contributed by atoms with Gasteiger partial charge in [-0.05, 0) is 113 Å². The van der Waals surface area contributed by atoms with Crippen molar-refractivity contribution in [2.75, 3.05) is 76.5 Å². The molecule has 2 bridgehead atoms. The van der Waals surface area contributed by atoms with Gasteiger partial charge in [0.2, 0.25) is 23.7 Å². The van der Waals surface area contributed by atoms with Gasteiger partial charge in [0.05, 0.1) is 49.0 Å². The lowest BCUT2D eigenvalue weighted by Gasteiger charge is -2.53. The van der Waals surface area contributed by atoms with Crippen LogP contribution in [0.25, 0.3) is 22.1 Å². The van der Waals surface area contributed by atoms with Crippen LogP contribution in [-0.2, 0) is 40.5 Å². The average molecular weight is 1060 g/mol. The van der Waals surface area contributed by atoms with Gasteiger partial charge in [0.25, 0.3) is 5.91 Å². The molecule has 10 rings (SSSR count). The number of aldehydes is 1. The number of fused-ring (bicyclic) bond motifs is 4. The summed E-state index contributed by atoms with van der Waals surface area (Å²) in [6.45, 7) is 10.6. The van der Waals surface area contributed by atoms with Gasteiger partial charge in [0, 0.05) is 62.6 Å². The maximum absolute atomic E-state index is 14.3. The van der Waals surface area contributed by atoms with Gasteiger partial charge in [-0.1, -0.05) is 31.2 Å². The maximum atomic E-state index is 14.3. The van der Waals surface area contributed by atoms with E-state index in [-0.39, 0.29) is 48.6 Å². The second-order valence-electron chi connectivity index (χ2n) is 20.8. The zero-order valence-electron chi connectivity index (χ0n) is 44.4. The molecule has 0 atom stereocenters. The highest BCUT2D eigenvalue weighted by Gasteiger charge is 2.56. The van der Waals surface area contributed by atoms with Gasteiger partial charge in [-0.3, -0.25) is 39.4 Å². The maximum Gasteiger partial charge on any atom is 0.410 e. The third-order valence-electron chi connectivity index (χ3n) is 15.3. The fourth-order valence-electron chi connectivity index (χ4n) is 11.5.